The van der Waals surface area contributed by atoms with E-state index in [9.17, 15) is 4.79 Å². The normalized spacial score (nSPS) is 41.1. The zero-order chi connectivity index (χ0) is 12.7. The molecule has 0 N–H and O–H groups in total. The highest BCUT2D eigenvalue weighted by Crippen LogP contribution is 2.53. The molecule has 17 heavy (non-hydrogen) atoms. The topological polar surface area (TPSA) is 17.1 Å². The van der Waals surface area contributed by atoms with E-state index in [0.29, 0.717) is 11.7 Å². The monoisotopic (exact) mass is 296 g/mol. The fourth-order valence-electron chi connectivity index (χ4n) is 3.19. The fourth-order valence-corrected chi connectivity index (χ4v) is 3.42. The van der Waals surface area contributed by atoms with Crippen LogP contribution in [-0.4, -0.2) is 11.1 Å². The van der Waals surface area contributed by atoms with Crippen LogP contribution >= 0.6 is 15.9 Å². The van der Waals surface area contributed by atoms with Crippen molar-refractivity contribution < 1.29 is 4.79 Å². The van der Waals surface area contributed by atoms with Gasteiger partial charge in [0.05, 0.1) is 0 Å². The van der Waals surface area contributed by atoms with Crippen LogP contribution in [0.1, 0.15) is 40.0 Å². The number of allylic oxidation sites excluding steroid dienone is 4. The quantitative estimate of drug-likeness (QED) is 0.561. The van der Waals surface area contributed by atoms with E-state index in [2.05, 4.69) is 54.9 Å². The van der Waals surface area contributed by atoms with Crippen molar-refractivity contribution in [3.05, 3.63) is 23.8 Å². The van der Waals surface area contributed by atoms with E-state index >= 15 is 0 Å². The lowest BCUT2D eigenvalue weighted by atomic mass is 9.52. The lowest BCUT2D eigenvalue weighted by molar-refractivity contribution is -0.143. The maximum absolute atomic E-state index is 12.6. The molecular formula is C15H21BrO. The highest BCUT2D eigenvalue weighted by Gasteiger charge is 2.53. The number of rotatable bonds is 3. The fraction of sp³-hybridized carbons (Fsp3) is 0.667. The zero-order valence-corrected chi connectivity index (χ0v) is 12.5. The molecule has 3 aliphatic rings. The molecule has 3 aliphatic carbocycles. The molecule has 0 heterocycles. The van der Waals surface area contributed by atoms with Crippen molar-refractivity contribution in [1.82, 2.24) is 0 Å². The minimum Gasteiger partial charge on any atom is -0.298 e. The van der Waals surface area contributed by atoms with Crippen LogP contribution in [-0.2, 0) is 4.79 Å². The lowest BCUT2D eigenvalue weighted by Gasteiger charge is -2.49. The minimum atomic E-state index is -0.195. The van der Waals surface area contributed by atoms with Gasteiger partial charge in [0.25, 0.3) is 0 Å². The Morgan fingerprint density at radius 2 is 2.29 bits per heavy atom. The van der Waals surface area contributed by atoms with E-state index in [-0.39, 0.29) is 10.8 Å². The molecular weight excluding hydrogens is 276 g/mol. The molecule has 3 rings (SSSR count). The highest BCUT2D eigenvalue weighted by atomic mass is 79.9. The first-order chi connectivity index (χ1) is 7.92. The molecule has 0 aromatic carbocycles. The Morgan fingerprint density at radius 3 is 2.82 bits per heavy atom. The van der Waals surface area contributed by atoms with E-state index in [1.54, 1.807) is 0 Å². The minimum absolute atomic E-state index is 0.175. The Hall–Kier alpha value is -0.370. The summed E-state index contributed by atoms with van der Waals surface area (Å²) in [4.78, 5) is 12.6. The van der Waals surface area contributed by atoms with Crippen LogP contribution in [0.15, 0.2) is 23.8 Å². The summed E-state index contributed by atoms with van der Waals surface area (Å²) in [6.45, 7) is 6.36. The largest absolute Gasteiger partial charge is 0.298 e. The zero-order valence-electron chi connectivity index (χ0n) is 10.9. The summed E-state index contributed by atoms with van der Waals surface area (Å²) in [5.74, 6) is 0.888. The predicted molar refractivity (Wildman–Crippen MR) is 75.3 cm³/mol. The molecule has 2 heteroatoms. The van der Waals surface area contributed by atoms with Gasteiger partial charge in [-0.25, -0.2) is 0 Å². The van der Waals surface area contributed by atoms with E-state index < -0.39 is 0 Å². The van der Waals surface area contributed by atoms with Crippen LogP contribution in [0.4, 0.5) is 0 Å². The summed E-state index contributed by atoms with van der Waals surface area (Å²) >= 11 is 3.46. The molecule has 1 fully saturated rings. The van der Waals surface area contributed by atoms with Crippen molar-refractivity contribution in [3.8, 4) is 0 Å². The van der Waals surface area contributed by atoms with Gasteiger partial charge in [-0.2, -0.15) is 0 Å². The van der Waals surface area contributed by atoms with Crippen molar-refractivity contribution in [2.24, 2.45) is 16.7 Å². The lowest BCUT2D eigenvalue weighted by Crippen LogP contribution is -2.51. The smallest absolute Gasteiger partial charge is 0.149 e. The van der Waals surface area contributed by atoms with Crippen LogP contribution in [0, 0.1) is 16.7 Å². The van der Waals surface area contributed by atoms with Gasteiger partial charge in [0.2, 0.25) is 0 Å². The predicted octanol–water partition coefficient (Wildman–Crippen LogP) is 4.28. The third-order valence-corrected chi connectivity index (χ3v) is 5.50. The summed E-state index contributed by atoms with van der Waals surface area (Å²) in [5, 5.41) is 0.898. The molecule has 3 atom stereocenters. The Kier molecular flexibility index (Phi) is 3.37. The van der Waals surface area contributed by atoms with Gasteiger partial charge in [-0.05, 0) is 39.0 Å². The number of alkyl halides is 1. The van der Waals surface area contributed by atoms with Gasteiger partial charge in [-0.15, -0.1) is 0 Å². The molecule has 0 aliphatic heterocycles. The number of halogens is 1. The van der Waals surface area contributed by atoms with Gasteiger partial charge in [-0.3, -0.25) is 4.79 Å². The summed E-state index contributed by atoms with van der Waals surface area (Å²) in [6, 6.07) is 0. The molecule has 2 bridgehead atoms. The first-order valence-corrected chi connectivity index (χ1v) is 7.50. The second-order valence-electron chi connectivity index (χ2n) is 6.06. The summed E-state index contributed by atoms with van der Waals surface area (Å²) in [5.41, 5.74) is 0.944. The van der Waals surface area contributed by atoms with Crippen molar-refractivity contribution in [2.45, 2.75) is 40.0 Å². The van der Waals surface area contributed by atoms with Crippen LogP contribution in [0.2, 0.25) is 0 Å². The first kappa shape index (κ1) is 13.1. The van der Waals surface area contributed by atoms with Crippen LogP contribution in [0.5, 0.6) is 0 Å². The molecule has 0 aromatic heterocycles. The van der Waals surface area contributed by atoms with Crippen molar-refractivity contribution in [3.63, 3.8) is 0 Å². The second kappa shape index (κ2) is 4.38. The van der Waals surface area contributed by atoms with Gasteiger partial charge >= 0.3 is 0 Å². The maximum atomic E-state index is 12.6. The third kappa shape index (κ3) is 2.05. The van der Waals surface area contributed by atoms with Gasteiger partial charge < -0.3 is 0 Å². The van der Waals surface area contributed by atoms with Gasteiger partial charge in [-0.1, -0.05) is 46.7 Å². The van der Waals surface area contributed by atoms with Crippen molar-refractivity contribution in [2.75, 3.05) is 5.33 Å². The second-order valence-corrected chi connectivity index (χ2v) is 6.62. The summed E-state index contributed by atoms with van der Waals surface area (Å²) < 4.78 is 0. The van der Waals surface area contributed by atoms with E-state index in [1.165, 1.54) is 5.57 Å². The number of carbonyl (C=O) groups is 1. The van der Waals surface area contributed by atoms with E-state index in [4.69, 9.17) is 0 Å². The summed E-state index contributed by atoms with van der Waals surface area (Å²) in [7, 11) is 0. The molecule has 1 saturated carbocycles. The number of ketones is 1. The molecule has 0 saturated heterocycles. The number of hydrogen-bond acceptors (Lipinski definition) is 1. The molecule has 1 nitrogen and oxygen atoms in total. The highest BCUT2D eigenvalue weighted by molar-refractivity contribution is 9.09. The number of carbonyl (C=O) groups excluding carboxylic acids is 1. The Labute approximate surface area is 112 Å². The summed E-state index contributed by atoms with van der Waals surface area (Å²) in [6.07, 6.45) is 9.73. The Morgan fingerprint density at radius 1 is 1.59 bits per heavy atom. The van der Waals surface area contributed by atoms with Gasteiger partial charge in [0.15, 0.2) is 0 Å². The number of fused-ring (bicyclic) bond motifs is 2. The maximum Gasteiger partial charge on any atom is 0.149 e. The van der Waals surface area contributed by atoms with E-state index in [1.807, 2.05) is 0 Å². The molecule has 0 radical (unpaired) electrons. The average molecular weight is 297 g/mol. The van der Waals surface area contributed by atoms with E-state index in [0.717, 1.165) is 24.6 Å². The SMILES string of the molecule is C/C(=C\C[C@@]1(C)C(=O)[C@@]2(C)C=C[C@@H]1CC2)CBr. The standard InChI is InChI=1S/C15H21BrO/c1-11(10-16)4-9-15(3)12-5-7-14(2,8-6-12)13(15)17/h4-5,7,12H,6,8-10H2,1-3H3/b11-4+/t12-,14+,15-/m1/s1. The Bertz CT molecular complexity index is 396. The molecule has 0 amide bonds. The molecule has 94 valence electrons. The van der Waals surface area contributed by atoms with Crippen LogP contribution in [0.25, 0.3) is 0 Å². The Balaban J connectivity index is 2.26. The van der Waals surface area contributed by atoms with Crippen molar-refractivity contribution >= 4 is 21.7 Å². The van der Waals surface area contributed by atoms with Gasteiger partial charge in [0.1, 0.15) is 5.78 Å². The molecule has 0 aromatic rings. The van der Waals surface area contributed by atoms with Crippen LogP contribution in [0.3, 0.4) is 0 Å². The van der Waals surface area contributed by atoms with Crippen LogP contribution < -0.4 is 0 Å². The number of hydrogen-bond donors (Lipinski definition) is 0. The molecule has 0 spiro atoms. The number of Topliss-reactive ketones (excluding diaryl/α,β-unsaturated/α-hetero) is 1. The van der Waals surface area contributed by atoms with Crippen molar-refractivity contribution in [1.29, 1.82) is 0 Å². The van der Waals surface area contributed by atoms with Gasteiger partial charge in [0, 0.05) is 16.2 Å². The average Bonchev–Trinajstić information content (AvgIpc) is 2.33. The molecule has 0 unspecified atom stereocenters. The third-order valence-electron chi connectivity index (χ3n) is 4.61. The first-order valence-electron chi connectivity index (χ1n) is 6.38.